The van der Waals surface area contributed by atoms with Crippen LogP contribution in [0.15, 0.2) is 48.5 Å². The van der Waals surface area contributed by atoms with Gasteiger partial charge in [0, 0.05) is 22.2 Å². The van der Waals surface area contributed by atoms with Crippen LogP contribution in [0.4, 0.5) is 5.69 Å². The first kappa shape index (κ1) is 12.3. The third-order valence-corrected chi connectivity index (χ3v) is 3.16. The van der Waals surface area contributed by atoms with Crippen LogP contribution in [0.25, 0.3) is 10.9 Å². The quantitative estimate of drug-likeness (QED) is 0.665. The lowest BCUT2D eigenvalue weighted by molar-refractivity contribution is 0.102. The van der Waals surface area contributed by atoms with Crippen molar-refractivity contribution < 1.29 is 9.90 Å². The summed E-state index contributed by atoms with van der Waals surface area (Å²) in [6.07, 6.45) is 0. The van der Waals surface area contributed by atoms with Crippen molar-refractivity contribution in [3.05, 3.63) is 59.8 Å². The fourth-order valence-electron chi connectivity index (χ4n) is 2.25. The van der Waals surface area contributed by atoms with Gasteiger partial charge < -0.3 is 15.4 Å². The molecule has 3 N–H and O–H groups in total. The Balaban J connectivity index is 1.95. The van der Waals surface area contributed by atoms with Gasteiger partial charge in [-0.1, -0.05) is 12.1 Å². The summed E-state index contributed by atoms with van der Waals surface area (Å²) < 4.78 is 0. The van der Waals surface area contributed by atoms with Gasteiger partial charge in [0.1, 0.15) is 5.75 Å². The SMILES string of the molecule is Cc1cc2c(NC(=O)c3cccc(O)c3)cccc2[nH]1. The third-order valence-electron chi connectivity index (χ3n) is 3.16. The lowest BCUT2D eigenvalue weighted by Gasteiger charge is -2.07. The van der Waals surface area contributed by atoms with E-state index in [2.05, 4.69) is 10.3 Å². The highest BCUT2D eigenvalue weighted by Gasteiger charge is 2.09. The molecule has 4 nitrogen and oxygen atoms in total. The summed E-state index contributed by atoms with van der Waals surface area (Å²) in [5.74, 6) is -0.166. The Morgan fingerprint density at radius 3 is 2.75 bits per heavy atom. The van der Waals surface area contributed by atoms with Gasteiger partial charge in [-0.2, -0.15) is 0 Å². The summed E-state index contributed by atoms with van der Waals surface area (Å²) in [6.45, 7) is 1.97. The molecule has 0 spiro atoms. The van der Waals surface area contributed by atoms with Crippen LogP contribution in [0, 0.1) is 6.92 Å². The Labute approximate surface area is 116 Å². The molecular formula is C16H14N2O2. The van der Waals surface area contributed by atoms with E-state index in [-0.39, 0.29) is 11.7 Å². The molecule has 1 heterocycles. The zero-order chi connectivity index (χ0) is 14.1. The standard InChI is InChI=1S/C16H14N2O2/c1-10-8-13-14(17-10)6-3-7-15(13)18-16(20)11-4-2-5-12(19)9-11/h2-9,17,19H,1H3,(H,18,20). The van der Waals surface area contributed by atoms with E-state index in [0.717, 1.165) is 22.3 Å². The number of rotatable bonds is 2. The molecule has 3 rings (SSSR count). The van der Waals surface area contributed by atoms with E-state index in [4.69, 9.17) is 0 Å². The number of benzene rings is 2. The second-order valence-corrected chi connectivity index (χ2v) is 4.72. The summed E-state index contributed by atoms with van der Waals surface area (Å²) in [6, 6.07) is 14.0. The van der Waals surface area contributed by atoms with E-state index in [9.17, 15) is 9.90 Å². The fraction of sp³-hybridized carbons (Fsp3) is 0.0625. The maximum atomic E-state index is 12.2. The number of aryl methyl sites for hydroxylation is 1. The van der Waals surface area contributed by atoms with Gasteiger partial charge in [0.05, 0.1) is 5.69 Å². The summed E-state index contributed by atoms with van der Waals surface area (Å²) in [7, 11) is 0. The van der Waals surface area contributed by atoms with E-state index in [0.29, 0.717) is 5.56 Å². The molecular weight excluding hydrogens is 252 g/mol. The molecule has 1 amide bonds. The second kappa shape index (κ2) is 4.74. The highest BCUT2D eigenvalue weighted by molar-refractivity contribution is 6.09. The van der Waals surface area contributed by atoms with Crippen molar-refractivity contribution in [2.45, 2.75) is 6.92 Å². The first-order valence-corrected chi connectivity index (χ1v) is 6.32. The van der Waals surface area contributed by atoms with Gasteiger partial charge in [-0.25, -0.2) is 0 Å². The topological polar surface area (TPSA) is 65.1 Å². The van der Waals surface area contributed by atoms with Gasteiger partial charge in [-0.3, -0.25) is 4.79 Å². The van der Waals surface area contributed by atoms with Crippen molar-refractivity contribution in [2.75, 3.05) is 5.32 Å². The minimum absolute atomic E-state index is 0.0772. The lowest BCUT2D eigenvalue weighted by Crippen LogP contribution is -2.11. The Morgan fingerprint density at radius 1 is 1.15 bits per heavy atom. The van der Waals surface area contributed by atoms with E-state index in [1.54, 1.807) is 12.1 Å². The number of aromatic nitrogens is 1. The van der Waals surface area contributed by atoms with Crippen molar-refractivity contribution in [3.8, 4) is 5.75 Å². The summed E-state index contributed by atoms with van der Waals surface area (Å²) in [4.78, 5) is 15.4. The minimum Gasteiger partial charge on any atom is -0.508 e. The van der Waals surface area contributed by atoms with Crippen LogP contribution in [0.5, 0.6) is 5.75 Å². The zero-order valence-electron chi connectivity index (χ0n) is 11.0. The number of fused-ring (bicyclic) bond motifs is 1. The molecule has 0 unspecified atom stereocenters. The van der Waals surface area contributed by atoms with Crippen LogP contribution in [-0.4, -0.2) is 16.0 Å². The molecule has 20 heavy (non-hydrogen) atoms. The van der Waals surface area contributed by atoms with Crippen molar-refractivity contribution in [1.82, 2.24) is 4.98 Å². The maximum Gasteiger partial charge on any atom is 0.255 e. The maximum absolute atomic E-state index is 12.2. The molecule has 0 bridgehead atoms. The molecule has 3 aromatic rings. The van der Waals surface area contributed by atoms with Crippen LogP contribution < -0.4 is 5.32 Å². The van der Waals surface area contributed by atoms with Gasteiger partial charge in [0.25, 0.3) is 5.91 Å². The minimum atomic E-state index is -0.243. The Hall–Kier alpha value is -2.75. The normalized spacial score (nSPS) is 10.7. The van der Waals surface area contributed by atoms with Gasteiger partial charge in [0.2, 0.25) is 0 Å². The third kappa shape index (κ3) is 2.23. The largest absolute Gasteiger partial charge is 0.508 e. The van der Waals surface area contributed by atoms with Crippen molar-refractivity contribution >= 4 is 22.5 Å². The van der Waals surface area contributed by atoms with Crippen molar-refractivity contribution in [2.24, 2.45) is 0 Å². The number of H-pyrrole nitrogens is 1. The van der Waals surface area contributed by atoms with E-state index >= 15 is 0 Å². The Morgan fingerprint density at radius 2 is 1.95 bits per heavy atom. The van der Waals surface area contributed by atoms with E-state index in [1.165, 1.54) is 12.1 Å². The number of phenolic OH excluding ortho intramolecular Hbond substituents is 1. The summed E-state index contributed by atoms with van der Waals surface area (Å²) >= 11 is 0. The number of nitrogens with one attached hydrogen (secondary N) is 2. The molecule has 0 radical (unpaired) electrons. The number of anilines is 1. The molecule has 4 heteroatoms. The molecule has 2 aromatic carbocycles. The molecule has 0 fully saturated rings. The van der Waals surface area contributed by atoms with Gasteiger partial charge in [-0.15, -0.1) is 0 Å². The van der Waals surface area contributed by atoms with E-state index in [1.807, 2.05) is 31.2 Å². The number of aromatic amines is 1. The highest BCUT2D eigenvalue weighted by atomic mass is 16.3. The average molecular weight is 266 g/mol. The smallest absolute Gasteiger partial charge is 0.255 e. The van der Waals surface area contributed by atoms with Crippen LogP contribution in [0.2, 0.25) is 0 Å². The monoisotopic (exact) mass is 266 g/mol. The Kier molecular flexibility index (Phi) is 2.91. The van der Waals surface area contributed by atoms with Crippen LogP contribution in [-0.2, 0) is 0 Å². The number of aromatic hydroxyl groups is 1. The summed E-state index contributed by atoms with van der Waals surface area (Å²) in [5.41, 5.74) is 3.20. The van der Waals surface area contributed by atoms with Crippen molar-refractivity contribution in [3.63, 3.8) is 0 Å². The predicted molar refractivity (Wildman–Crippen MR) is 79.1 cm³/mol. The molecule has 0 saturated heterocycles. The molecule has 0 aliphatic heterocycles. The first-order valence-electron chi connectivity index (χ1n) is 6.32. The molecule has 100 valence electrons. The number of hydrogen-bond donors (Lipinski definition) is 3. The lowest BCUT2D eigenvalue weighted by atomic mass is 10.1. The highest BCUT2D eigenvalue weighted by Crippen LogP contribution is 2.24. The van der Waals surface area contributed by atoms with Gasteiger partial charge in [0.15, 0.2) is 0 Å². The molecule has 0 aliphatic rings. The Bertz CT molecular complexity index is 790. The number of amides is 1. The average Bonchev–Trinajstić information content (AvgIpc) is 2.80. The fourth-order valence-corrected chi connectivity index (χ4v) is 2.25. The van der Waals surface area contributed by atoms with Crippen LogP contribution in [0.1, 0.15) is 16.1 Å². The first-order chi connectivity index (χ1) is 9.63. The zero-order valence-corrected chi connectivity index (χ0v) is 11.0. The number of carbonyl (C=O) groups excluding carboxylic acids is 1. The van der Waals surface area contributed by atoms with Crippen molar-refractivity contribution in [1.29, 1.82) is 0 Å². The van der Waals surface area contributed by atoms with Crippen LogP contribution in [0.3, 0.4) is 0 Å². The molecule has 0 atom stereocenters. The predicted octanol–water partition coefficient (Wildman–Crippen LogP) is 3.43. The van der Waals surface area contributed by atoms with Gasteiger partial charge in [-0.05, 0) is 43.3 Å². The summed E-state index contributed by atoms with van der Waals surface area (Å²) in [5, 5.41) is 13.3. The van der Waals surface area contributed by atoms with Gasteiger partial charge >= 0.3 is 0 Å². The molecule has 1 aromatic heterocycles. The number of hydrogen-bond acceptors (Lipinski definition) is 2. The molecule has 0 aliphatic carbocycles. The number of phenols is 1. The van der Waals surface area contributed by atoms with Crippen LogP contribution >= 0.6 is 0 Å². The number of carbonyl (C=O) groups is 1. The molecule has 0 saturated carbocycles. The second-order valence-electron chi connectivity index (χ2n) is 4.72. The van der Waals surface area contributed by atoms with E-state index < -0.39 is 0 Å².